The second-order valence-corrected chi connectivity index (χ2v) is 5.58. The van der Waals surface area contributed by atoms with E-state index in [1.807, 2.05) is 11.3 Å². The Morgan fingerprint density at radius 2 is 1.82 bits per heavy atom. The normalized spacial score (nSPS) is 25.0. The first kappa shape index (κ1) is 9.83. The first-order chi connectivity index (χ1) is 8.42. The number of fused-ring (bicyclic) bond motifs is 8. The number of rotatable bonds is 2. The van der Waals surface area contributed by atoms with Crippen molar-refractivity contribution in [2.45, 2.75) is 12.1 Å². The summed E-state index contributed by atoms with van der Waals surface area (Å²) in [6.45, 7) is 0.987. The standard InChI is InChI=1S/C14H13NOS/c16-7-6-15-12-9-3-1-2-4-10(9)13(15)14-11(12)5-8-17-14/h1-5,8,12-13,16H,6-7H2. The van der Waals surface area contributed by atoms with E-state index >= 15 is 0 Å². The van der Waals surface area contributed by atoms with Crippen LogP contribution >= 0.6 is 11.3 Å². The molecule has 0 aliphatic carbocycles. The number of hydrogen-bond acceptors (Lipinski definition) is 3. The van der Waals surface area contributed by atoms with Gasteiger partial charge >= 0.3 is 0 Å². The lowest BCUT2D eigenvalue weighted by Gasteiger charge is -2.21. The Labute approximate surface area is 104 Å². The average molecular weight is 243 g/mol. The molecule has 0 fully saturated rings. The van der Waals surface area contributed by atoms with Gasteiger partial charge in [0.25, 0.3) is 0 Å². The molecular weight excluding hydrogens is 230 g/mol. The van der Waals surface area contributed by atoms with Gasteiger partial charge < -0.3 is 5.11 Å². The summed E-state index contributed by atoms with van der Waals surface area (Å²) in [7, 11) is 0. The monoisotopic (exact) mass is 243 g/mol. The van der Waals surface area contributed by atoms with Gasteiger partial charge in [0.1, 0.15) is 0 Å². The van der Waals surface area contributed by atoms with Crippen LogP contribution in [0.15, 0.2) is 35.7 Å². The van der Waals surface area contributed by atoms with Gasteiger partial charge in [-0.3, -0.25) is 4.90 Å². The van der Waals surface area contributed by atoms with Crippen LogP contribution in [0.25, 0.3) is 0 Å². The van der Waals surface area contributed by atoms with Gasteiger partial charge in [0, 0.05) is 11.4 Å². The molecule has 1 N–H and O–H groups in total. The van der Waals surface area contributed by atoms with Crippen molar-refractivity contribution in [2.24, 2.45) is 0 Å². The molecule has 3 heteroatoms. The van der Waals surface area contributed by atoms with Gasteiger partial charge in [-0.25, -0.2) is 0 Å². The van der Waals surface area contributed by atoms with Crippen molar-refractivity contribution in [2.75, 3.05) is 13.2 Å². The van der Waals surface area contributed by atoms with Crippen molar-refractivity contribution in [1.82, 2.24) is 4.90 Å². The molecule has 3 heterocycles. The lowest BCUT2D eigenvalue weighted by Crippen LogP contribution is -2.24. The van der Waals surface area contributed by atoms with Crippen LogP contribution in [0, 0.1) is 0 Å². The third-order valence-corrected chi connectivity index (χ3v) is 4.86. The molecule has 0 saturated carbocycles. The molecule has 2 atom stereocenters. The van der Waals surface area contributed by atoms with Crippen LogP contribution in [-0.2, 0) is 0 Å². The quantitative estimate of drug-likeness (QED) is 0.876. The topological polar surface area (TPSA) is 23.5 Å². The second kappa shape index (κ2) is 3.42. The van der Waals surface area contributed by atoms with Gasteiger partial charge in [0.2, 0.25) is 0 Å². The largest absolute Gasteiger partial charge is 0.395 e. The molecule has 2 aromatic rings. The minimum absolute atomic E-state index is 0.232. The fraction of sp³-hybridized carbons (Fsp3) is 0.286. The molecule has 2 aliphatic heterocycles. The van der Waals surface area contributed by atoms with Crippen molar-refractivity contribution in [3.05, 3.63) is 57.3 Å². The Bertz CT molecular complexity index is 532. The van der Waals surface area contributed by atoms with E-state index in [1.165, 1.54) is 21.6 Å². The summed E-state index contributed by atoms with van der Waals surface area (Å²) in [6, 6.07) is 11.7. The highest BCUT2D eigenvalue weighted by Crippen LogP contribution is 2.57. The molecule has 1 aromatic carbocycles. The lowest BCUT2D eigenvalue weighted by molar-refractivity contribution is 0.173. The van der Waals surface area contributed by atoms with Gasteiger partial charge in [0.05, 0.1) is 18.7 Å². The van der Waals surface area contributed by atoms with Gasteiger partial charge in [0.15, 0.2) is 0 Å². The molecular formula is C14H13NOS. The number of nitrogens with zero attached hydrogens (tertiary/aromatic N) is 1. The molecule has 2 aliphatic rings. The maximum Gasteiger partial charge on any atom is 0.0711 e. The van der Waals surface area contributed by atoms with E-state index in [0.29, 0.717) is 12.1 Å². The fourth-order valence-corrected chi connectivity index (χ4v) is 4.37. The molecule has 2 nitrogen and oxygen atoms in total. The van der Waals surface area contributed by atoms with Gasteiger partial charge in [-0.15, -0.1) is 11.3 Å². The number of benzene rings is 1. The molecule has 86 valence electrons. The number of aliphatic hydroxyl groups excluding tert-OH is 1. The average Bonchev–Trinajstić information content (AvgIpc) is 2.98. The maximum absolute atomic E-state index is 9.25. The molecule has 0 amide bonds. The Kier molecular flexibility index (Phi) is 1.98. The summed E-state index contributed by atoms with van der Waals surface area (Å²) < 4.78 is 0. The van der Waals surface area contributed by atoms with Crippen molar-refractivity contribution in [3.63, 3.8) is 0 Å². The Balaban J connectivity index is 1.92. The first-order valence-corrected chi connectivity index (χ1v) is 6.82. The maximum atomic E-state index is 9.25. The van der Waals surface area contributed by atoms with Gasteiger partial charge in [-0.05, 0) is 28.1 Å². The predicted octanol–water partition coefficient (Wildman–Crippen LogP) is 2.55. The Morgan fingerprint density at radius 1 is 1.06 bits per heavy atom. The summed E-state index contributed by atoms with van der Waals surface area (Å²) in [5.41, 5.74) is 4.31. The fourth-order valence-electron chi connectivity index (χ4n) is 3.31. The lowest BCUT2D eigenvalue weighted by atomic mass is 9.91. The molecule has 2 unspecified atom stereocenters. The van der Waals surface area contributed by atoms with E-state index in [0.717, 1.165) is 6.54 Å². The Hall–Kier alpha value is -1.16. The van der Waals surface area contributed by atoms with E-state index in [-0.39, 0.29) is 6.61 Å². The predicted molar refractivity (Wildman–Crippen MR) is 68.2 cm³/mol. The van der Waals surface area contributed by atoms with Crippen LogP contribution in [0.4, 0.5) is 0 Å². The highest BCUT2D eigenvalue weighted by Gasteiger charge is 2.47. The minimum atomic E-state index is 0.232. The SMILES string of the molecule is OCCN1C2c3ccccc3C1c1sccc12. The van der Waals surface area contributed by atoms with E-state index in [4.69, 9.17) is 0 Å². The van der Waals surface area contributed by atoms with Crippen LogP contribution in [0.5, 0.6) is 0 Å². The molecule has 0 radical (unpaired) electrons. The van der Waals surface area contributed by atoms with Crippen LogP contribution in [0.2, 0.25) is 0 Å². The number of thiophene rings is 1. The zero-order chi connectivity index (χ0) is 11.4. The van der Waals surface area contributed by atoms with E-state index < -0.39 is 0 Å². The number of hydrogen-bond donors (Lipinski definition) is 1. The molecule has 2 bridgehead atoms. The summed E-state index contributed by atoms with van der Waals surface area (Å²) in [4.78, 5) is 3.90. The van der Waals surface area contributed by atoms with Crippen molar-refractivity contribution < 1.29 is 5.11 Å². The summed E-state index contributed by atoms with van der Waals surface area (Å²) >= 11 is 1.85. The van der Waals surface area contributed by atoms with E-state index in [1.54, 1.807) is 0 Å². The third-order valence-electron chi connectivity index (χ3n) is 3.88. The van der Waals surface area contributed by atoms with E-state index in [9.17, 15) is 5.11 Å². The summed E-state index contributed by atoms with van der Waals surface area (Å²) in [5.74, 6) is 0. The van der Waals surface area contributed by atoms with Crippen LogP contribution in [0.1, 0.15) is 33.7 Å². The molecule has 0 spiro atoms. The molecule has 17 heavy (non-hydrogen) atoms. The minimum Gasteiger partial charge on any atom is -0.395 e. The van der Waals surface area contributed by atoms with Crippen molar-refractivity contribution >= 4 is 11.3 Å². The summed E-state index contributed by atoms with van der Waals surface area (Å²) in [5, 5.41) is 11.4. The molecule has 1 aromatic heterocycles. The van der Waals surface area contributed by atoms with Gasteiger partial charge in [-0.1, -0.05) is 24.3 Å². The van der Waals surface area contributed by atoms with Crippen molar-refractivity contribution in [3.8, 4) is 0 Å². The zero-order valence-electron chi connectivity index (χ0n) is 9.34. The Morgan fingerprint density at radius 3 is 2.59 bits per heavy atom. The van der Waals surface area contributed by atoms with Gasteiger partial charge in [-0.2, -0.15) is 0 Å². The zero-order valence-corrected chi connectivity index (χ0v) is 10.2. The smallest absolute Gasteiger partial charge is 0.0711 e. The highest BCUT2D eigenvalue weighted by molar-refractivity contribution is 7.10. The van der Waals surface area contributed by atoms with Crippen LogP contribution in [-0.4, -0.2) is 23.2 Å². The third kappa shape index (κ3) is 1.12. The van der Waals surface area contributed by atoms with Crippen molar-refractivity contribution in [1.29, 1.82) is 0 Å². The molecule has 4 rings (SSSR count). The van der Waals surface area contributed by atoms with Crippen LogP contribution < -0.4 is 0 Å². The number of aliphatic hydroxyl groups is 1. The highest BCUT2D eigenvalue weighted by atomic mass is 32.1. The molecule has 0 saturated heterocycles. The summed E-state index contributed by atoms with van der Waals surface area (Å²) in [6.07, 6.45) is 0. The van der Waals surface area contributed by atoms with Crippen LogP contribution in [0.3, 0.4) is 0 Å². The second-order valence-electron chi connectivity index (χ2n) is 4.64. The first-order valence-electron chi connectivity index (χ1n) is 5.94. The van der Waals surface area contributed by atoms with E-state index in [2.05, 4.69) is 40.6 Å².